The number of benzene rings is 2. The maximum atomic E-state index is 13.5. The fourth-order valence-electron chi connectivity index (χ4n) is 3.62. The highest BCUT2D eigenvalue weighted by Gasteiger charge is 2.25. The molecule has 2 heterocycles. The first kappa shape index (κ1) is 22.9. The third-order valence-corrected chi connectivity index (χ3v) is 6.54. The molecule has 2 aromatic carbocycles. The topological polar surface area (TPSA) is 107 Å². The van der Waals surface area contributed by atoms with Gasteiger partial charge >= 0.3 is 0 Å². The number of hydrogen-bond acceptors (Lipinski definition) is 9. The smallest absolute Gasteiger partial charge is 0.269 e. The molecule has 0 aliphatic carbocycles. The van der Waals surface area contributed by atoms with E-state index in [0.717, 1.165) is 17.8 Å². The van der Waals surface area contributed by atoms with E-state index in [2.05, 4.69) is 4.90 Å². The van der Waals surface area contributed by atoms with Crippen molar-refractivity contribution in [3.63, 3.8) is 0 Å². The highest BCUT2D eigenvalue weighted by Crippen LogP contribution is 2.40. The van der Waals surface area contributed by atoms with Gasteiger partial charge in [-0.05, 0) is 24.3 Å². The SMILES string of the molecule is COc1ccc(OC)c2sc(N(CCN3CCOCC3)C(=O)c3ccc([N+](=O)[O-])cc3)nc12. The van der Waals surface area contributed by atoms with Crippen molar-refractivity contribution in [2.24, 2.45) is 0 Å². The molecular formula is C22H24N4O6S. The minimum absolute atomic E-state index is 0.0686. The van der Waals surface area contributed by atoms with Crippen LogP contribution < -0.4 is 14.4 Å². The van der Waals surface area contributed by atoms with Crippen molar-refractivity contribution in [2.45, 2.75) is 0 Å². The van der Waals surface area contributed by atoms with Crippen LogP contribution in [0.25, 0.3) is 10.2 Å². The number of fused-ring (bicyclic) bond motifs is 1. The van der Waals surface area contributed by atoms with Crippen LogP contribution in [0.15, 0.2) is 36.4 Å². The lowest BCUT2D eigenvalue weighted by Crippen LogP contribution is -2.43. The number of thiazole rings is 1. The number of morpholine rings is 1. The molecule has 0 radical (unpaired) electrons. The molecule has 174 valence electrons. The molecule has 1 aliphatic heterocycles. The Bertz CT molecular complexity index is 1100. The average molecular weight is 473 g/mol. The number of rotatable bonds is 8. The molecule has 1 fully saturated rings. The monoisotopic (exact) mass is 472 g/mol. The summed E-state index contributed by atoms with van der Waals surface area (Å²) in [6.07, 6.45) is 0. The normalized spacial score (nSPS) is 14.2. The molecule has 4 rings (SSSR count). The second kappa shape index (κ2) is 10.1. The average Bonchev–Trinajstić information content (AvgIpc) is 3.29. The zero-order valence-corrected chi connectivity index (χ0v) is 19.2. The van der Waals surface area contributed by atoms with Crippen LogP contribution in [0.4, 0.5) is 10.8 Å². The minimum atomic E-state index is -0.490. The van der Waals surface area contributed by atoms with E-state index in [1.807, 2.05) is 0 Å². The molecule has 0 saturated carbocycles. The van der Waals surface area contributed by atoms with Crippen LogP contribution in [-0.4, -0.2) is 74.3 Å². The molecule has 1 amide bonds. The number of hydrogen-bond donors (Lipinski definition) is 0. The molecule has 3 aromatic rings. The van der Waals surface area contributed by atoms with Gasteiger partial charge in [0.25, 0.3) is 11.6 Å². The zero-order chi connectivity index (χ0) is 23.4. The van der Waals surface area contributed by atoms with E-state index in [1.54, 1.807) is 31.3 Å². The number of aromatic nitrogens is 1. The third-order valence-electron chi connectivity index (χ3n) is 5.44. The molecule has 0 atom stereocenters. The number of carbonyl (C=O) groups is 1. The van der Waals surface area contributed by atoms with Crippen molar-refractivity contribution in [2.75, 3.05) is 58.5 Å². The van der Waals surface area contributed by atoms with Gasteiger partial charge in [0.2, 0.25) is 0 Å². The Morgan fingerprint density at radius 1 is 1.15 bits per heavy atom. The number of methoxy groups -OCH3 is 2. The summed E-state index contributed by atoms with van der Waals surface area (Å²) in [6.45, 7) is 3.95. The van der Waals surface area contributed by atoms with Gasteiger partial charge in [-0.2, -0.15) is 0 Å². The first-order valence-corrected chi connectivity index (χ1v) is 11.2. The van der Waals surface area contributed by atoms with Crippen LogP contribution in [-0.2, 0) is 4.74 Å². The van der Waals surface area contributed by atoms with Crippen molar-refractivity contribution in [1.29, 1.82) is 0 Å². The van der Waals surface area contributed by atoms with E-state index in [9.17, 15) is 14.9 Å². The van der Waals surface area contributed by atoms with Crippen molar-refractivity contribution < 1.29 is 23.9 Å². The molecule has 0 bridgehead atoms. The van der Waals surface area contributed by atoms with Crippen molar-refractivity contribution >= 4 is 38.3 Å². The number of anilines is 1. The fourth-order valence-corrected chi connectivity index (χ4v) is 4.72. The third kappa shape index (κ3) is 4.90. The Labute approximate surface area is 194 Å². The molecule has 1 aromatic heterocycles. The Morgan fingerprint density at radius 3 is 2.45 bits per heavy atom. The van der Waals surface area contributed by atoms with Crippen LogP contribution in [0.5, 0.6) is 11.5 Å². The van der Waals surface area contributed by atoms with Crippen molar-refractivity contribution in [1.82, 2.24) is 9.88 Å². The lowest BCUT2D eigenvalue weighted by Gasteiger charge is -2.29. The number of amides is 1. The summed E-state index contributed by atoms with van der Waals surface area (Å²) >= 11 is 1.34. The Hall–Kier alpha value is -3.28. The quantitative estimate of drug-likeness (QED) is 0.363. The van der Waals surface area contributed by atoms with Gasteiger partial charge < -0.3 is 14.2 Å². The van der Waals surface area contributed by atoms with Gasteiger partial charge in [0.1, 0.15) is 21.7 Å². The number of carbonyl (C=O) groups excluding carboxylic acids is 1. The second-order valence-corrected chi connectivity index (χ2v) is 8.34. The van der Waals surface area contributed by atoms with E-state index >= 15 is 0 Å². The van der Waals surface area contributed by atoms with Gasteiger partial charge in [-0.3, -0.25) is 24.7 Å². The molecule has 0 spiro atoms. The van der Waals surface area contributed by atoms with Crippen LogP contribution in [0.3, 0.4) is 0 Å². The molecule has 1 aliphatic rings. The molecule has 0 unspecified atom stereocenters. The van der Waals surface area contributed by atoms with Crippen LogP contribution in [0.2, 0.25) is 0 Å². The maximum absolute atomic E-state index is 13.5. The van der Waals surface area contributed by atoms with Gasteiger partial charge in [-0.15, -0.1) is 0 Å². The number of nitro benzene ring substituents is 1. The summed E-state index contributed by atoms with van der Waals surface area (Å²) in [7, 11) is 3.15. The van der Waals surface area contributed by atoms with Gasteiger partial charge in [0, 0.05) is 43.9 Å². The van der Waals surface area contributed by atoms with E-state index in [-0.39, 0.29) is 11.6 Å². The molecule has 1 saturated heterocycles. The van der Waals surface area contributed by atoms with Gasteiger partial charge in [-0.25, -0.2) is 4.98 Å². The maximum Gasteiger partial charge on any atom is 0.269 e. The predicted molar refractivity (Wildman–Crippen MR) is 125 cm³/mol. The number of non-ortho nitro benzene ring substituents is 1. The lowest BCUT2D eigenvalue weighted by molar-refractivity contribution is -0.384. The van der Waals surface area contributed by atoms with Crippen molar-refractivity contribution in [3.8, 4) is 11.5 Å². The van der Waals surface area contributed by atoms with E-state index in [1.165, 1.54) is 35.6 Å². The van der Waals surface area contributed by atoms with Crippen LogP contribution in [0, 0.1) is 10.1 Å². The van der Waals surface area contributed by atoms with E-state index < -0.39 is 4.92 Å². The summed E-state index contributed by atoms with van der Waals surface area (Å²) in [5.41, 5.74) is 0.895. The predicted octanol–water partition coefficient (Wildman–Crippen LogP) is 3.20. The van der Waals surface area contributed by atoms with Crippen molar-refractivity contribution in [3.05, 3.63) is 52.1 Å². The highest BCUT2D eigenvalue weighted by atomic mass is 32.1. The molecule has 10 nitrogen and oxygen atoms in total. The second-order valence-electron chi connectivity index (χ2n) is 7.36. The van der Waals surface area contributed by atoms with Gasteiger partial charge in [0.05, 0.1) is 32.4 Å². The first-order chi connectivity index (χ1) is 16.0. The zero-order valence-electron chi connectivity index (χ0n) is 18.4. The Kier molecular flexibility index (Phi) is 7.02. The molecule has 11 heteroatoms. The van der Waals surface area contributed by atoms with E-state index in [0.29, 0.717) is 54.0 Å². The molecule has 33 heavy (non-hydrogen) atoms. The summed E-state index contributed by atoms with van der Waals surface area (Å²) in [4.78, 5) is 32.6. The Balaban J connectivity index is 1.70. The molecule has 0 N–H and O–H groups in total. The summed E-state index contributed by atoms with van der Waals surface area (Å²) in [5.74, 6) is 0.949. The van der Waals surface area contributed by atoms with E-state index in [4.69, 9.17) is 19.2 Å². The number of nitro groups is 1. The molecular weight excluding hydrogens is 448 g/mol. The number of nitrogens with zero attached hydrogens (tertiary/aromatic N) is 4. The summed E-state index contributed by atoms with van der Waals surface area (Å²) in [6, 6.07) is 9.18. The first-order valence-electron chi connectivity index (χ1n) is 10.4. The standard InChI is InChI=1S/C22H24N4O6S/c1-30-17-7-8-18(31-2)20-19(17)23-22(33-20)25(10-9-24-11-13-32-14-12-24)21(27)15-3-5-16(6-4-15)26(28)29/h3-8H,9-14H2,1-2H3. The summed E-state index contributed by atoms with van der Waals surface area (Å²) in [5, 5.41) is 11.5. The summed E-state index contributed by atoms with van der Waals surface area (Å²) < 4.78 is 17.1. The highest BCUT2D eigenvalue weighted by molar-refractivity contribution is 7.22. The fraction of sp³-hybridized carbons (Fsp3) is 0.364. The van der Waals surface area contributed by atoms with Gasteiger partial charge in [0.15, 0.2) is 5.13 Å². The number of ether oxygens (including phenoxy) is 3. The van der Waals surface area contributed by atoms with Crippen LogP contribution >= 0.6 is 11.3 Å². The minimum Gasteiger partial charge on any atom is -0.495 e. The van der Waals surface area contributed by atoms with Crippen LogP contribution in [0.1, 0.15) is 10.4 Å². The lowest BCUT2D eigenvalue weighted by atomic mass is 10.2. The Morgan fingerprint density at radius 2 is 1.82 bits per heavy atom. The largest absolute Gasteiger partial charge is 0.495 e. The van der Waals surface area contributed by atoms with Gasteiger partial charge in [-0.1, -0.05) is 11.3 Å².